The summed E-state index contributed by atoms with van der Waals surface area (Å²) in [5.41, 5.74) is 0.672. The first-order valence-electron chi connectivity index (χ1n) is 6.11. The molecule has 108 valence electrons. The highest BCUT2D eigenvalue weighted by Crippen LogP contribution is 2.30. The second-order valence-corrected chi connectivity index (χ2v) is 7.67. The summed E-state index contributed by atoms with van der Waals surface area (Å²) in [5, 5.41) is 10.1. The molecule has 1 N–H and O–H groups in total. The van der Waals surface area contributed by atoms with Crippen molar-refractivity contribution in [3.63, 3.8) is 0 Å². The molecule has 0 bridgehead atoms. The molecule has 0 spiro atoms. The van der Waals surface area contributed by atoms with Gasteiger partial charge in [-0.25, -0.2) is 8.42 Å². The monoisotopic (exact) mass is 350 g/mol. The normalized spacial score (nSPS) is 13.3. The Morgan fingerprint density at radius 1 is 1.42 bits per heavy atom. The van der Waals surface area contributed by atoms with E-state index in [9.17, 15) is 13.5 Å². The number of aliphatic hydroxyl groups excluding tert-OH is 1. The Kier molecular flexibility index (Phi) is 6.29. The molecule has 6 heteroatoms. The first-order valence-corrected chi connectivity index (χ1v) is 8.73. The number of methoxy groups -OCH3 is 1. The van der Waals surface area contributed by atoms with E-state index in [2.05, 4.69) is 15.9 Å². The molecule has 0 saturated carbocycles. The number of benzene rings is 1. The molecular formula is C13H19BrO4S. The van der Waals surface area contributed by atoms with Crippen LogP contribution in [0.1, 0.15) is 31.4 Å². The molecule has 1 rings (SSSR count). The van der Waals surface area contributed by atoms with Crippen molar-refractivity contribution in [1.29, 1.82) is 0 Å². The molecular weight excluding hydrogens is 332 g/mol. The number of sulfone groups is 1. The van der Waals surface area contributed by atoms with E-state index < -0.39 is 15.9 Å². The van der Waals surface area contributed by atoms with Gasteiger partial charge in [-0.1, -0.05) is 22.9 Å². The van der Waals surface area contributed by atoms with Crippen LogP contribution in [0.5, 0.6) is 5.75 Å². The van der Waals surface area contributed by atoms with Crippen molar-refractivity contribution in [3.05, 3.63) is 28.2 Å². The number of aliphatic hydroxyl groups is 1. The van der Waals surface area contributed by atoms with Gasteiger partial charge in [0.25, 0.3) is 0 Å². The summed E-state index contributed by atoms with van der Waals surface area (Å²) in [5.74, 6) is 0.856. The molecule has 0 aromatic heterocycles. The van der Waals surface area contributed by atoms with Crippen LogP contribution in [0.2, 0.25) is 0 Å². The van der Waals surface area contributed by atoms with Gasteiger partial charge in [0.1, 0.15) is 15.6 Å². The van der Waals surface area contributed by atoms with Crippen molar-refractivity contribution in [2.45, 2.75) is 25.9 Å². The highest BCUT2D eigenvalue weighted by atomic mass is 79.9. The second-order valence-electron chi connectivity index (χ2n) is 4.28. The molecule has 0 aliphatic rings. The maximum atomic E-state index is 11.4. The van der Waals surface area contributed by atoms with Crippen molar-refractivity contribution in [3.8, 4) is 5.75 Å². The SMILES string of the molecule is CCS(=O)(=O)CCCC(O)c1cc(Br)ccc1OC. The Morgan fingerprint density at radius 2 is 2.11 bits per heavy atom. The molecule has 1 unspecified atom stereocenters. The summed E-state index contributed by atoms with van der Waals surface area (Å²) >= 11 is 3.34. The lowest BCUT2D eigenvalue weighted by molar-refractivity contribution is 0.162. The van der Waals surface area contributed by atoms with Gasteiger partial charge in [0, 0.05) is 15.8 Å². The Labute approximate surface area is 122 Å². The van der Waals surface area contributed by atoms with Gasteiger partial charge in [-0.3, -0.25) is 0 Å². The predicted molar refractivity (Wildman–Crippen MR) is 79.2 cm³/mol. The number of ether oxygens (including phenoxy) is 1. The molecule has 0 aliphatic heterocycles. The largest absolute Gasteiger partial charge is 0.496 e. The Balaban J connectivity index is 2.68. The summed E-state index contributed by atoms with van der Waals surface area (Å²) in [6.07, 6.45) is 0.110. The third-order valence-electron chi connectivity index (χ3n) is 2.92. The number of hydrogen-bond acceptors (Lipinski definition) is 4. The fourth-order valence-corrected chi connectivity index (χ4v) is 3.04. The van der Waals surface area contributed by atoms with Gasteiger partial charge < -0.3 is 9.84 Å². The van der Waals surface area contributed by atoms with Crippen molar-refractivity contribution in [2.75, 3.05) is 18.6 Å². The molecule has 0 amide bonds. The van der Waals surface area contributed by atoms with E-state index >= 15 is 0 Å². The lowest BCUT2D eigenvalue weighted by Gasteiger charge is -2.15. The lowest BCUT2D eigenvalue weighted by atomic mass is 10.0. The van der Waals surface area contributed by atoms with Crippen LogP contribution in [0, 0.1) is 0 Å². The van der Waals surface area contributed by atoms with Gasteiger partial charge in [-0.15, -0.1) is 0 Å². The van der Waals surface area contributed by atoms with E-state index in [1.165, 1.54) is 0 Å². The van der Waals surface area contributed by atoms with Crippen LogP contribution < -0.4 is 4.74 Å². The predicted octanol–water partition coefficient (Wildman–Crippen LogP) is 2.71. The van der Waals surface area contributed by atoms with Gasteiger partial charge >= 0.3 is 0 Å². The molecule has 1 aromatic rings. The van der Waals surface area contributed by atoms with E-state index in [0.717, 1.165) is 4.47 Å². The third-order valence-corrected chi connectivity index (χ3v) is 5.21. The zero-order chi connectivity index (χ0) is 14.5. The zero-order valence-corrected chi connectivity index (χ0v) is 13.5. The summed E-state index contributed by atoms with van der Waals surface area (Å²) in [6, 6.07) is 5.39. The summed E-state index contributed by atoms with van der Waals surface area (Å²) in [4.78, 5) is 0. The second kappa shape index (κ2) is 7.26. The van der Waals surface area contributed by atoms with Crippen LogP contribution in [0.4, 0.5) is 0 Å². The van der Waals surface area contributed by atoms with E-state index in [0.29, 0.717) is 24.2 Å². The summed E-state index contributed by atoms with van der Waals surface area (Å²) in [6.45, 7) is 1.63. The minimum atomic E-state index is -2.97. The molecule has 0 fully saturated rings. The highest BCUT2D eigenvalue weighted by molar-refractivity contribution is 9.10. The van der Waals surface area contributed by atoms with Crippen LogP contribution in [0.15, 0.2) is 22.7 Å². The molecule has 0 aliphatic carbocycles. The number of rotatable bonds is 7. The molecule has 0 saturated heterocycles. The van der Waals surface area contributed by atoms with Crippen molar-refractivity contribution in [1.82, 2.24) is 0 Å². The first-order chi connectivity index (χ1) is 8.89. The van der Waals surface area contributed by atoms with Gasteiger partial charge in [-0.2, -0.15) is 0 Å². The van der Waals surface area contributed by atoms with Crippen LogP contribution in [0.3, 0.4) is 0 Å². The standard InChI is InChI=1S/C13H19BrO4S/c1-3-19(16,17)8-4-5-12(15)11-9-10(14)6-7-13(11)18-2/h6-7,9,12,15H,3-5,8H2,1-2H3. The maximum absolute atomic E-state index is 11.4. The zero-order valence-electron chi connectivity index (χ0n) is 11.1. The minimum absolute atomic E-state index is 0.108. The van der Waals surface area contributed by atoms with Gasteiger partial charge in [0.15, 0.2) is 0 Å². The topological polar surface area (TPSA) is 63.6 Å². The first kappa shape index (κ1) is 16.5. The van der Waals surface area contributed by atoms with Crippen molar-refractivity contribution < 1.29 is 18.3 Å². The van der Waals surface area contributed by atoms with E-state index in [1.54, 1.807) is 26.2 Å². The Bertz CT molecular complexity index is 513. The van der Waals surface area contributed by atoms with Crippen molar-refractivity contribution in [2.24, 2.45) is 0 Å². The molecule has 0 heterocycles. The maximum Gasteiger partial charge on any atom is 0.150 e. The molecule has 19 heavy (non-hydrogen) atoms. The van der Waals surface area contributed by atoms with E-state index in [1.807, 2.05) is 6.07 Å². The van der Waals surface area contributed by atoms with Gasteiger partial charge in [0.05, 0.1) is 19.0 Å². The molecule has 1 aromatic carbocycles. The molecule has 0 radical (unpaired) electrons. The number of halogens is 1. The average molecular weight is 351 g/mol. The quantitative estimate of drug-likeness (QED) is 0.820. The van der Waals surface area contributed by atoms with Gasteiger partial charge in [-0.05, 0) is 31.0 Å². The molecule has 1 atom stereocenters. The summed E-state index contributed by atoms with van der Waals surface area (Å²) in [7, 11) is -1.43. The van der Waals surface area contributed by atoms with Crippen LogP contribution >= 0.6 is 15.9 Å². The summed E-state index contributed by atoms with van der Waals surface area (Å²) < 4.78 is 28.8. The fraction of sp³-hybridized carbons (Fsp3) is 0.538. The van der Waals surface area contributed by atoms with Crippen molar-refractivity contribution >= 4 is 25.8 Å². The minimum Gasteiger partial charge on any atom is -0.496 e. The Hall–Kier alpha value is -0.590. The molecule has 4 nitrogen and oxygen atoms in total. The van der Waals surface area contributed by atoms with Crippen LogP contribution in [-0.4, -0.2) is 32.1 Å². The smallest absolute Gasteiger partial charge is 0.150 e. The Morgan fingerprint density at radius 3 is 2.68 bits per heavy atom. The van der Waals surface area contributed by atoms with Crippen LogP contribution in [0.25, 0.3) is 0 Å². The number of hydrogen-bond donors (Lipinski definition) is 1. The van der Waals surface area contributed by atoms with E-state index in [4.69, 9.17) is 4.74 Å². The highest BCUT2D eigenvalue weighted by Gasteiger charge is 2.15. The fourth-order valence-electron chi connectivity index (χ4n) is 1.76. The van der Waals surface area contributed by atoms with Gasteiger partial charge in [0.2, 0.25) is 0 Å². The van der Waals surface area contributed by atoms with E-state index in [-0.39, 0.29) is 11.5 Å². The third kappa shape index (κ3) is 5.12. The average Bonchev–Trinajstić information content (AvgIpc) is 2.38. The van der Waals surface area contributed by atoms with Crippen LogP contribution in [-0.2, 0) is 9.84 Å². The lowest BCUT2D eigenvalue weighted by Crippen LogP contribution is -2.10.